The van der Waals surface area contributed by atoms with E-state index in [4.69, 9.17) is 21.1 Å². The molecule has 1 N–H and O–H groups in total. The summed E-state index contributed by atoms with van der Waals surface area (Å²) in [7, 11) is 1.50. The summed E-state index contributed by atoms with van der Waals surface area (Å²) in [5.41, 5.74) is 1.81. The second-order valence-corrected chi connectivity index (χ2v) is 7.08. The number of nitrogens with one attached hydrogen (secondary N) is 1. The summed E-state index contributed by atoms with van der Waals surface area (Å²) in [6, 6.07) is 11.0. The Hall–Kier alpha value is -3.59. The molecule has 164 valence electrons. The van der Waals surface area contributed by atoms with Crippen molar-refractivity contribution < 1.29 is 22.6 Å². The third-order valence-corrected chi connectivity index (χ3v) is 4.79. The first kappa shape index (κ1) is 21.6. The SMILES string of the molecule is COc1cc(-c2c[nH]c(-c3ccc(Cl)nc3)n2)ccc1OCc1ccc(C(F)(F)F)cn1. The maximum absolute atomic E-state index is 12.7. The van der Waals surface area contributed by atoms with E-state index in [9.17, 15) is 13.2 Å². The summed E-state index contributed by atoms with van der Waals surface area (Å²) < 4.78 is 49.1. The second-order valence-electron chi connectivity index (χ2n) is 6.69. The summed E-state index contributed by atoms with van der Waals surface area (Å²) in [6.45, 7) is -0.00996. The van der Waals surface area contributed by atoms with Crippen molar-refractivity contribution in [3.8, 4) is 34.1 Å². The summed E-state index contributed by atoms with van der Waals surface area (Å²) in [5, 5.41) is 0.396. The van der Waals surface area contributed by atoms with Gasteiger partial charge in [-0.2, -0.15) is 13.2 Å². The van der Waals surface area contributed by atoms with Gasteiger partial charge < -0.3 is 14.5 Å². The van der Waals surface area contributed by atoms with Crippen LogP contribution in [-0.4, -0.2) is 27.0 Å². The minimum atomic E-state index is -4.43. The highest BCUT2D eigenvalue weighted by atomic mass is 35.5. The largest absolute Gasteiger partial charge is 0.493 e. The number of alkyl halides is 3. The van der Waals surface area contributed by atoms with E-state index in [1.807, 2.05) is 6.07 Å². The Morgan fingerprint density at radius 2 is 1.78 bits per heavy atom. The van der Waals surface area contributed by atoms with E-state index in [-0.39, 0.29) is 6.61 Å². The van der Waals surface area contributed by atoms with E-state index in [0.29, 0.717) is 33.9 Å². The van der Waals surface area contributed by atoms with Gasteiger partial charge in [0, 0.05) is 29.7 Å². The van der Waals surface area contributed by atoms with Gasteiger partial charge in [0.15, 0.2) is 11.5 Å². The van der Waals surface area contributed by atoms with Gasteiger partial charge in [0.2, 0.25) is 0 Å². The van der Waals surface area contributed by atoms with Crippen LogP contribution in [0.3, 0.4) is 0 Å². The van der Waals surface area contributed by atoms with Gasteiger partial charge in [-0.05, 0) is 42.5 Å². The number of pyridine rings is 2. The lowest BCUT2D eigenvalue weighted by molar-refractivity contribution is -0.137. The molecule has 0 spiro atoms. The quantitative estimate of drug-likeness (QED) is 0.368. The Kier molecular flexibility index (Phi) is 6.00. The first-order valence-corrected chi connectivity index (χ1v) is 9.72. The molecule has 0 saturated heterocycles. The fourth-order valence-electron chi connectivity index (χ4n) is 2.91. The number of hydrogen-bond acceptors (Lipinski definition) is 5. The Morgan fingerprint density at radius 1 is 0.969 bits per heavy atom. The maximum Gasteiger partial charge on any atom is 0.417 e. The van der Waals surface area contributed by atoms with Gasteiger partial charge in [0.05, 0.1) is 24.1 Å². The van der Waals surface area contributed by atoms with Crippen LogP contribution in [0.5, 0.6) is 11.5 Å². The van der Waals surface area contributed by atoms with Crippen LogP contribution >= 0.6 is 11.6 Å². The lowest BCUT2D eigenvalue weighted by Gasteiger charge is -2.12. The molecule has 4 aromatic rings. The molecular weight excluding hydrogens is 445 g/mol. The Balaban J connectivity index is 1.49. The van der Waals surface area contributed by atoms with Gasteiger partial charge in [-0.1, -0.05) is 11.6 Å². The van der Waals surface area contributed by atoms with Crippen LogP contribution in [0.2, 0.25) is 5.15 Å². The zero-order valence-electron chi connectivity index (χ0n) is 16.7. The number of ether oxygens (including phenoxy) is 2. The number of hydrogen-bond donors (Lipinski definition) is 1. The number of aromatic amines is 1. The van der Waals surface area contributed by atoms with Crippen molar-refractivity contribution in [1.29, 1.82) is 0 Å². The molecule has 3 aromatic heterocycles. The monoisotopic (exact) mass is 460 g/mol. The smallest absolute Gasteiger partial charge is 0.417 e. The number of nitrogens with zero attached hydrogens (tertiary/aromatic N) is 3. The predicted octanol–water partition coefficient (Wildman–Crippen LogP) is 5.79. The van der Waals surface area contributed by atoms with Crippen molar-refractivity contribution in [1.82, 2.24) is 19.9 Å². The van der Waals surface area contributed by atoms with E-state index < -0.39 is 11.7 Å². The zero-order valence-corrected chi connectivity index (χ0v) is 17.4. The molecule has 0 fully saturated rings. The molecule has 0 radical (unpaired) electrons. The first-order chi connectivity index (χ1) is 15.3. The van der Waals surface area contributed by atoms with E-state index in [2.05, 4.69) is 19.9 Å². The third-order valence-electron chi connectivity index (χ3n) is 4.57. The molecule has 0 aliphatic carbocycles. The molecule has 0 saturated carbocycles. The van der Waals surface area contributed by atoms with Crippen LogP contribution in [0.25, 0.3) is 22.6 Å². The molecule has 1 aromatic carbocycles. The van der Waals surface area contributed by atoms with Gasteiger partial charge >= 0.3 is 6.18 Å². The fraction of sp³-hybridized carbons (Fsp3) is 0.136. The Bertz CT molecular complexity index is 1210. The molecule has 0 amide bonds. The van der Waals surface area contributed by atoms with E-state index in [1.165, 1.54) is 13.2 Å². The van der Waals surface area contributed by atoms with Gasteiger partial charge in [-0.3, -0.25) is 4.98 Å². The Morgan fingerprint density at radius 3 is 2.44 bits per heavy atom. The van der Waals surface area contributed by atoms with Gasteiger partial charge in [-0.15, -0.1) is 0 Å². The van der Waals surface area contributed by atoms with Crippen molar-refractivity contribution in [3.63, 3.8) is 0 Å². The summed E-state index contributed by atoms with van der Waals surface area (Å²) in [6.07, 6.45) is -0.269. The standard InChI is InChI=1S/C22H16ClF3N4O2/c1-31-19-8-13(17-11-29-21(30-17)14-3-7-20(23)28-9-14)2-6-18(19)32-12-16-5-4-15(10-27-16)22(24,25)26/h2-11H,12H2,1H3,(H,29,30). The van der Waals surface area contributed by atoms with Crippen molar-refractivity contribution in [2.75, 3.05) is 7.11 Å². The van der Waals surface area contributed by atoms with Gasteiger partial charge in [0.25, 0.3) is 0 Å². The number of rotatable bonds is 6. The number of benzene rings is 1. The van der Waals surface area contributed by atoms with Crippen LogP contribution < -0.4 is 9.47 Å². The van der Waals surface area contributed by atoms with Gasteiger partial charge in [0.1, 0.15) is 17.6 Å². The van der Waals surface area contributed by atoms with Crippen molar-refractivity contribution >= 4 is 11.6 Å². The third kappa shape index (κ3) is 4.83. The van der Waals surface area contributed by atoms with Crippen molar-refractivity contribution in [2.45, 2.75) is 12.8 Å². The highest BCUT2D eigenvalue weighted by molar-refractivity contribution is 6.29. The molecule has 32 heavy (non-hydrogen) atoms. The van der Waals surface area contributed by atoms with E-state index in [1.54, 1.807) is 36.7 Å². The minimum absolute atomic E-state index is 0.00996. The fourth-order valence-corrected chi connectivity index (χ4v) is 3.02. The summed E-state index contributed by atoms with van der Waals surface area (Å²) >= 11 is 5.82. The zero-order chi connectivity index (χ0) is 22.7. The molecule has 0 unspecified atom stereocenters. The number of methoxy groups -OCH3 is 1. The summed E-state index contributed by atoms with van der Waals surface area (Å²) in [5.74, 6) is 1.51. The van der Waals surface area contributed by atoms with Crippen molar-refractivity contribution in [2.24, 2.45) is 0 Å². The highest BCUT2D eigenvalue weighted by Crippen LogP contribution is 2.33. The minimum Gasteiger partial charge on any atom is -0.493 e. The highest BCUT2D eigenvalue weighted by Gasteiger charge is 2.30. The number of halogens is 4. The molecular formula is C22H16ClF3N4O2. The molecule has 0 atom stereocenters. The predicted molar refractivity (Wildman–Crippen MR) is 112 cm³/mol. The van der Waals surface area contributed by atoms with Crippen LogP contribution in [0.15, 0.2) is 61.1 Å². The molecule has 3 heterocycles. The van der Waals surface area contributed by atoms with Crippen LogP contribution in [0, 0.1) is 0 Å². The average molecular weight is 461 g/mol. The molecule has 0 aliphatic heterocycles. The first-order valence-electron chi connectivity index (χ1n) is 9.34. The Labute approximate surface area is 186 Å². The normalized spacial score (nSPS) is 11.4. The van der Waals surface area contributed by atoms with Crippen LogP contribution in [0.1, 0.15) is 11.3 Å². The lowest BCUT2D eigenvalue weighted by Crippen LogP contribution is -2.07. The van der Waals surface area contributed by atoms with E-state index in [0.717, 1.165) is 23.4 Å². The number of imidazole rings is 1. The van der Waals surface area contributed by atoms with Crippen molar-refractivity contribution in [3.05, 3.63) is 77.5 Å². The molecule has 10 heteroatoms. The average Bonchev–Trinajstić information content (AvgIpc) is 3.28. The molecule has 6 nitrogen and oxygen atoms in total. The van der Waals surface area contributed by atoms with Gasteiger partial charge in [-0.25, -0.2) is 9.97 Å². The van der Waals surface area contributed by atoms with E-state index >= 15 is 0 Å². The van der Waals surface area contributed by atoms with Crippen LogP contribution in [0.4, 0.5) is 13.2 Å². The maximum atomic E-state index is 12.7. The molecule has 0 bridgehead atoms. The lowest BCUT2D eigenvalue weighted by atomic mass is 10.1. The topological polar surface area (TPSA) is 72.9 Å². The molecule has 0 aliphatic rings. The van der Waals surface area contributed by atoms with Crippen LogP contribution in [-0.2, 0) is 12.8 Å². The summed E-state index contributed by atoms with van der Waals surface area (Å²) in [4.78, 5) is 15.5. The number of H-pyrrole nitrogens is 1. The molecule has 4 rings (SSSR count). The number of aromatic nitrogens is 4. The second kappa shape index (κ2) is 8.88.